The number of carbonyl (C=O) groups is 3. The molecule has 1 atom stereocenters. The molecule has 1 aliphatic heterocycles. The lowest BCUT2D eigenvalue weighted by Crippen LogP contribution is -2.42. The zero-order valence-corrected chi connectivity index (χ0v) is 13.5. The van der Waals surface area contributed by atoms with Gasteiger partial charge in [-0.1, -0.05) is 6.07 Å². The van der Waals surface area contributed by atoms with Crippen molar-refractivity contribution in [1.29, 1.82) is 0 Å². The molecule has 0 spiro atoms. The average Bonchev–Trinajstić information content (AvgIpc) is 2.60. The molecule has 8 heteroatoms. The molecule has 122 valence electrons. The first-order valence-electron chi connectivity index (χ1n) is 7.18. The fraction of sp³-hybridized carbons (Fsp3) is 0.125. The number of thioether (sulfide) groups is 1. The van der Waals surface area contributed by atoms with E-state index in [0.717, 1.165) is 4.90 Å². The van der Waals surface area contributed by atoms with Crippen LogP contribution in [0.1, 0.15) is 27.8 Å². The number of anilines is 1. The van der Waals surface area contributed by atoms with Crippen LogP contribution in [0.25, 0.3) is 0 Å². The Morgan fingerprint density at radius 1 is 1.17 bits per heavy atom. The van der Waals surface area contributed by atoms with Crippen molar-refractivity contribution < 1.29 is 14.4 Å². The Balaban J connectivity index is 1.67. The molecular weight excluding hydrogens is 328 g/mol. The number of pyridine rings is 1. The number of benzene rings is 1. The number of hydrogen-bond donors (Lipinski definition) is 3. The summed E-state index contributed by atoms with van der Waals surface area (Å²) in [4.78, 5) is 40.5. The maximum atomic E-state index is 12.1. The summed E-state index contributed by atoms with van der Waals surface area (Å²) >= 11 is 1.43. The Labute approximate surface area is 142 Å². The molecule has 0 saturated carbocycles. The summed E-state index contributed by atoms with van der Waals surface area (Å²) < 4.78 is 0. The van der Waals surface area contributed by atoms with Crippen LogP contribution in [0, 0.1) is 0 Å². The molecule has 3 N–H and O–H groups in total. The van der Waals surface area contributed by atoms with Gasteiger partial charge in [0.2, 0.25) is 5.91 Å². The van der Waals surface area contributed by atoms with E-state index in [4.69, 9.17) is 0 Å². The van der Waals surface area contributed by atoms with Crippen LogP contribution in [-0.2, 0) is 4.79 Å². The third kappa shape index (κ3) is 3.38. The molecule has 3 rings (SSSR count). The minimum Gasteiger partial charge on any atom is -0.324 e. The fourth-order valence-corrected chi connectivity index (χ4v) is 3.03. The molecule has 1 unspecified atom stereocenters. The van der Waals surface area contributed by atoms with Gasteiger partial charge in [0, 0.05) is 16.7 Å². The molecule has 0 aliphatic carbocycles. The first kappa shape index (κ1) is 16.0. The first-order chi connectivity index (χ1) is 11.5. The molecule has 2 heterocycles. The number of nitrogens with one attached hydrogen (secondary N) is 3. The van der Waals surface area contributed by atoms with Gasteiger partial charge in [-0.2, -0.15) is 0 Å². The van der Waals surface area contributed by atoms with Gasteiger partial charge in [-0.25, -0.2) is 0 Å². The third-order valence-corrected chi connectivity index (χ3v) is 4.54. The molecule has 1 aliphatic rings. The normalized spacial score (nSPS) is 15.9. The van der Waals surface area contributed by atoms with Gasteiger partial charge >= 0.3 is 0 Å². The smallest absolute Gasteiger partial charge is 0.288 e. The Bertz CT molecular complexity index is 810. The molecule has 0 saturated heterocycles. The number of hydrogen-bond acceptors (Lipinski definition) is 5. The molecule has 0 bridgehead atoms. The van der Waals surface area contributed by atoms with Gasteiger partial charge in [-0.15, -0.1) is 11.8 Å². The number of rotatable bonds is 2. The average molecular weight is 342 g/mol. The lowest BCUT2D eigenvalue weighted by atomic mass is 10.2. The molecular formula is C16H14N4O3S. The second-order valence-corrected chi connectivity index (χ2v) is 6.47. The van der Waals surface area contributed by atoms with Crippen molar-refractivity contribution in [3.05, 3.63) is 53.9 Å². The standard InChI is InChI=1S/C16H14N4O3S/c1-9-14(21)18-12-8-10(5-6-13(12)24-9)15(22)19-20-16(23)11-4-2-3-7-17-11/h2-9H,1H3,(H,18,21)(H,19,22)(H,20,23). The van der Waals surface area contributed by atoms with Crippen LogP contribution in [0.15, 0.2) is 47.5 Å². The van der Waals surface area contributed by atoms with Crippen molar-refractivity contribution >= 4 is 35.2 Å². The Morgan fingerprint density at radius 2 is 1.96 bits per heavy atom. The predicted molar refractivity (Wildman–Crippen MR) is 89.6 cm³/mol. The summed E-state index contributed by atoms with van der Waals surface area (Å²) in [7, 11) is 0. The molecule has 1 aromatic carbocycles. The predicted octanol–water partition coefficient (Wildman–Crippen LogP) is 1.59. The van der Waals surface area contributed by atoms with Crippen LogP contribution in [0.4, 0.5) is 5.69 Å². The highest BCUT2D eigenvalue weighted by atomic mass is 32.2. The highest BCUT2D eigenvalue weighted by molar-refractivity contribution is 8.00. The summed E-state index contributed by atoms with van der Waals surface area (Å²) in [5, 5.41) is 2.59. The maximum absolute atomic E-state index is 12.1. The van der Waals surface area contributed by atoms with Crippen molar-refractivity contribution in [3.8, 4) is 0 Å². The zero-order valence-electron chi connectivity index (χ0n) is 12.7. The van der Waals surface area contributed by atoms with E-state index in [1.807, 2.05) is 6.92 Å². The second-order valence-electron chi connectivity index (χ2n) is 5.08. The Kier molecular flexibility index (Phi) is 4.48. The van der Waals surface area contributed by atoms with Gasteiger partial charge in [0.25, 0.3) is 11.8 Å². The van der Waals surface area contributed by atoms with E-state index in [1.165, 1.54) is 24.0 Å². The van der Waals surface area contributed by atoms with E-state index in [1.54, 1.807) is 30.3 Å². The minimum absolute atomic E-state index is 0.103. The number of hydrazine groups is 1. The number of carbonyl (C=O) groups excluding carboxylic acids is 3. The van der Waals surface area contributed by atoms with Crippen LogP contribution in [-0.4, -0.2) is 28.0 Å². The van der Waals surface area contributed by atoms with E-state index >= 15 is 0 Å². The van der Waals surface area contributed by atoms with Crippen LogP contribution in [0.5, 0.6) is 0 Å². The van der Waals surface area contributed by atoms with E-state index in [-0.39, 0.29) is 16.9 Å². The van der Waals surface area contributed by atoms with E-state index in [0.29, 0.717) is 11.3 Å². The van der Waals surface area contributed by atoms with Gasteiger partial charge in [-0.3, -0.25) is 30.2 Å². The van der Waals surface area contributed by atoms with E-state index in [2.05, 4.69) is 21.2 Å². The van der Waals surface area contributed by atoms with E-state index < -0.39 is 11.8 Å². The van der Waals surface area contributed by atoms with Crippen molar-refractivity contribution in [1.82, 2.24) is 15.8 Å². The van der Waals surface area contributed by atoms with E-state index in [9.17, 15) is 14.4 Å². The molecule has 2 aromatic rings. The van der Waals surface area contributed by atoms with Gasteiger partial charge in [0.1, 0.15) is 5.69 Å². The lowest BCUT2D eigenvalue weighted by Gasteiger charge is -2.21. The van der Waals surface area contributed by atoms with Gasteiger partial charge < -0.3 is 5.32 Å². The Morgan fingerprint density at radius 3 is 2.71 bits per heavy atom. The Hall–Kier alpha value is -2.87. The summed E-state index contributed by atoms with van der Waals surface area (Å²) in [5.74, 6) is -1.10. The van der Waals surface area contributed by atoms with Crippen molar-refractivity contribution in [2.24, 2.45) is 0 Å². The van der Waals surface area contributed by atoms with Crippen LogP contribution >= 0.6 is 11.8 Å². The second kappa shape index (κ2) is 6.71. The van der Waals surface area contributed by atoms with Crippen molar-refractivity contribution in [3.63, 3.8) is 0 Å². The van der Waals surface area contributed by atoms with Crippen LogP contribution in [0.2, 0.25) is 0 Å². The number of nitrogens with zero attached hydrogens (tertiary/aromatic N) is 1. The molecule has 3 amide bonds. The number of aromatic nitrogens is 1. The third-order valence-electron chi connectivity index (χ3n) is 3.36. The molecule has 0 fully saturated rings. The minimum atomic E-state index is -0.514. The van der Waals surface area contributed by atoms with Crippen LogP contribution < -0.4 is 16.2 Å². The summed E-state index contributed by atoms with van der Waals surface area (Å²) in [6.07, 6.45) is 1.49. The lowest BCUT2D eigenvalue weighted by molar-refractivity contribution is -0.115. The quantitative estimate of drug-likeness (QED) is 0.720. The molecule has 1 aromatic heterocycles. The first-order valence-corrected chi connectivity index (χ1v) is 8.06. The monoisotopic (exact) mass is 342 g/mol. The molecule has 0 radical (unpaired) electrons. The fourth-order valence-electron chi connectivity index (χ4n) is 2.10. The van der Waals surface area contributed by atoms with Crippen LogP contribution in [0.3, 0.4) is 0 Å². The highest BCUT2D eigenvalue weighted by Gasteiger charge is 2.23. The number of fused-ring (bicyclic) bond motifs is 1. The summed E-state index contributed by atoms with van der Waals surface area (Å²) in [6.45, 7) is 1.82. The van der Waals surface area contributed by atoms with Gasteiger partial charge in [-0.05, 0) is 37.3 Å². The zero-order chi connectivity index (χ0) is 17.1. The SMILES string of the molecule is CC1Sc2ccc(C(=O)NNC(=O)c3ccccn3)cc2NC1=O. The van der Waals surface area contributed by atoms with Gasteiger partial charge in [0.15, 0.2) is 0 Å². The molecule has 24 heavy (non-hydrogen) atoms. The highest BCUT2D eigenvalue weighted by Crippen LogP contribution is 2.35. The topological polar surface area (TPSA) is 100 Å². The maximum Gasteiger partial charge on any atom is 0.288 e. The summed E-state index contributed by atoms with van der Waals surface area (Å²) in [5.41, 5.74) is 5.74. The number of amides is 3. The molecule has 7 nitrogen and oxygen atoms in total. The van der Waals surface area contributed by atoms with Crippen molar-refractivity contribution in [2.75, 3.05) is 5.32 Å². The summed E-state index contributed by atoms with van der Waals surface area (Å²) in [6, 6.07) is 9.89. The van der Waals surface area contributed by atoms with Crippen molar-refractivity contribution in [2.45, 2.75) is 17.1 Å². The van der Waals surface area contributed by atoms with Gasteiger partial charge in [0.05, 0.1) is 10.9 Å². The largest absolute Gasteiger partial charge is 0.324 e.